The van der Waals surface area contributed by atoms with Gasteiger partial charge in [-0.3, -0.25) is 15.3 Å². The van der Waals surface area contributed by atoms with Crippen molar-refractivity contribution in [3.63, 3.8) is 0 Å². The standard InChI is InChI=1S/C7H7N3/c1-2-8-3-6-4-9-5-10-7(1)6/h1-4,6-7,10H. The average molecular weight is 133 g/mol. The molecule has 0 aliphatic carbocycles. The minimum atomic E-state index is 0.311. The number of fused-ring (bicyclic) bond motifs is 1. The second kappa shape index (κ2) is 2.34. The van der Waals surface area contributed by atoms with Gasteiger partial charge in [-0.1, -0.05) is 0 Å². The van der Waals surface area contributed by atoms with Crippen LogP contribution in [-0.4, -0.2) is 18.5 Å². The van der Waals surface area contributed by atoms with Crippen molar-refractivity contribution >= 4 is 12.4 Å². The Bertz CT molecular complexity index is 205. The molecule has 0 bridgehead atoms. The van der Waals surface area contributed by atoms with Gasteiger partial charge < -0.3 is 0 Å². The molecule has 0 amide bonds. The summed E-state index contributed by atoms with van der Waals surface area (Å²) >= 11 is 0. The van der Waals surface area contributed by atoms with E-state index in [0.717, 1.165) is 0 Å². The number of aliphatic imine (C=N–C) groups is 2. The van der Waals surface area contributed by atoms with Gasteiger partial charge in [0.1, 0.15) is 0 Å². The summed E-state index contributed by atoms with van der Waals surface area (Å²) in [6.07, 6.45) is 7.51. The zero-order valence-corrected chi connectivity index (χ0v) is 5.36. The van der Waals surface area contributed by atoms with Crippen molar-refractivity contribution in [3.8, 4) is 0 Å². The molecular formula is C7H7N3. The van der Waals surface area contributed by atoms with Crippen molar-refractivity contribution in [2.75, 3.05) is 0 Å². The zero-order chi connectivity index (χ0) is 6.81. The van der Waals surface area contributed by atoms with Gasteiger partial charge in [-0.2, -0.15) is 0 Å². The van der Waals surface area contributed by atoms with Crippen LogP contribution in [-0.2, 0) is 0 Å². The molecule has 0 aromatic rings. The third-order valence-electron chi connectivity index (χ3n) is 1.59. The molecule has 50 valence electrons. The second-order valence-electron chi connectivity index (χ2n) is 2.28. The highest BCUT2D eigenvalue weighted by atomic mass is 15.1. The Labute approximate surface area is 59.6 Å². The van der Waals surface area contributed by atoms with Crippen molar-refractivity contribution < 1.29 is 0 Å². The summed E-state index contributed by atoms with van der Waals surface area (Å²) in [6.45, 7) is 2.69. The fourth-order valence-electron chi connectivity index (χ4n) is 1.02. The average Bonchev–Trinajstić information content (AvgIpc) is 2.05. The molecular weight excluding hydrogens is 126 g/mol. The van der Waals surface area contributed by atoms with Crippen LogP contribution in [0.2, 0.25) is 0 Å². The molecule has 2 aliphatic rings. The number of hydrogen-bond acceptors (Lipinski definition) is 3. The molecule has 0 fully saturated rings. The van der Waals surface area contributed by atoms with Gasteiger partial charge in [0, 0.05) is 30.6 Å². The molecule has 0 spiro atoms. The molecule has 0 saturated heterocycles. The van der Waals surface area contributed by atoms with Crippen LogP contribution in [0.4, 0.5) is 0 Å². The largest absolute Gasteiger partial charge is 0.279 e. The van der Waals surface area contributed by atoms with Gasteiger partial charge in [0.2, 0.25) is 0 Å². The van der Waals surface area contributed by atoms with Crippen LogP contribution in [0.15, 0.2) is 22.3 Å². The lowest BCUT2D eigenvalue weighted by atomic mass is 10.00. The lowest BCUT2D eigenvalue weighted by Gasteiger charge is -2.22. The fraction of sp³-hybridized carbons (Fsp3) is 0.286. The molecule has 3 heteroatoms. The molecule has 2 atom stereocenters. The van der Waals surface area contributed by atoms with Crippen LogP contribution in [0.3, 0.4) is 0 Å². The van der Waals surface area contributed by atoms with E-state index in [1.165, 1.54) is 0 Å². The predicted octanol–water partition coefficient (Wildman–Crippen LogP) is 0.240. The Morgan fingerprint density at radius 3 is 3.30 bits per heavy atom. The molecule has 1 N–H and O–H groups in total. The van der Waals surface area contributed by atoms with Crippen molar-refractivity contribution in [2.24, 2.45) is 15.9 Å². The molecule has 3 nitrogen and oxygen atoms in total. The van der Waals surface area contributed by atoms with Crippen LogP contribution in [0.25, 0.3) is 0 Å². The van der Waals surface area contributed by atoms with Crippen LogP contribution in [0.5, 0.6) is 0 Å². The molecule has 2 unspecified atom stereocenters. The third-order valence-corrected chi connectivity index (χ3v) is 1.59. The van der Waals surface area contributed by atoms with Crippen molar-refractivity contribution in [1.82, 2.24) is 5.32 Å². The van der Waals surface area contributed by atoms with Crippen molar-refractivity contribution in [1.29, 1.82) is 0 Å². The van der Waals surface area contributed by atoms with E-state index in [-0.39, 0.29) is 0 Å². The topological polar surface area (TPSA) is 36.8 Å². The smallest absolute Gasteiger partial charge is 0.195 e. The van der Waals surface area contributed by atoms with Crippen LogP contribution in [0.1, 0.15) is 0 Å². The summed E-state index contributed by atoms with van der Waals surface area (Å²) in [5.41, 5.74) is 0. The molecule has 2 radical (unpaired) electrons. The Morgan fingerprint density at radius 2 is 2.40 bits per heavy atom. The van der Waals surface area contributed by atoms with Crippen LogP contribution < -0.4 is 5.32 Å². The van der Waals surface area contributed by atoms with Crippen LogP contribution >= 0.6 is 0 Å². The van der Waals surface area contributed by atoms with Gasteiger partial charge in [-0.15, -0.1) is 0 Å². The van der Waals surface area contributed by atoms with E-state index >= 15 is 0 Å². The SMILES string of the molecule is [C]1N=CC2C=NC=CC2N1. The zero-order valence-electron chi connectivity index (χ0n) is 5.36. The van der Waals surface area contributed by atoms with Gasteiger partial charge in [-0.05, 0) is 6.08 Å². The molecule has 0 aromatic carbocycles. The normalized spacial score (nSPS) is 36.0. The summed E-state index contributed by atoms with van der Waals surface area (Å²) < 4.78 is 0. The third kappa shape index (κ3) is 0.885. The minimum Gasteiger partial charge on any atom is -0.279 e. The first-order valence-corrected chi connectivity index (χ1v) is 3.20. The molecule has 2 aliphatic heterocycles. The highest BCUT2D eigenvalue weighted by Crippen LogP contribution is 2.09. The predicted molar refractivity (Wildman–Crippen MR) is 39.8 cm³/mol. The molecule has 10 heavy (non-hydrogen) atoms. The lowest BCUT2D eigenvalue weighted by molar-refractivity contribution is 0.605. The number of nitrogens with zero attached hydrogens (tertiary/aromatic N) is 2. The van der Waals surface area contributed by atoms with E-state index in [2.05, 4.69) is 22.0 Å². The maximum Gasteiger partial charge on any atom is 0.195 e. The minimum absolute atomic E-state index is 0.311. The first-order valence-electron chi connectivity index (χ1n) is 3.20. The Morgan fingerprint density at radius 1 is 1.40 bits per heavy atom. The summed E-state index contributed by atoms with van der Waals surface area (Å²) in [5.74, 6) is 0.311. The Balaban J connectivity index is 2.21. The van der Waals surface area contributed by atoms with E-state index in [4.69, 9.17) is 0 Å². The number of rotatable bonds is 0. The first-order chi connectivity index (χ1) is 4.97. The van der Waals surface area contributed by atoms with Gasteiger partial charge in [0.25, 0.3) is 0 Å². The van der Waals surface area contributed by atoms with Gasteiger partial charge >= 0.3 is 0 Å². The Hall–Kier alpha value is -0.960. The quantitative estimate of drug-likeness (QED) is 0.505. The fourth-order valence-corrected chi connectivity index (χ4v) is 1.02. The molecule has 2 heterocycles. The van der Waals surface area contributed by atoms with Gasteiger partial charge in [-0.25, -0.2) is 0 Å². The summed E-state index contributed by atoms with van der Waals surface area (Å²) in [6, 6.07) is 0.315. The summed E-state index contributed by atoms with van der Waals surface area (Å²) in [4.78, 5) is 7.85. The molecule has 0 saturated carbocycles. The van der Waals surface area contributed by atoms with E-state index in [0.29, 0.717) is 12.0 Å². The number of nitrogens with one attached hydrogen (secondary N) is 1. The summed E-state index contributed by atoms with van der Waals surface area (Å²) in [5, 5.41) is 3.00. The van der Waals surface area contributed by atoms with Crippen molar-refractivity contribution in [2.45, 2.75) is 6.04 Å². The van der Waals surface area contributed by atoms with Gasteiger partial charge in [0.15, 0.2) is 6.67 Å². The maximum atomic E-state index is 4.00. The maximum absolute atomic E-state index is 4.00. The molecule has 0 aromatic heterocycles. The monoisotopic (exact) mass is 133 g/mol. The second-order valence-corrected chi connectivity index (χ2v) is 2.28. The first kappa shape index (κ1) is 5.80. The number of hydrogen-bond donors (Lipinski definition) is 1. The van der Waals surface area contributed by atoms with Gasteiger partial charge in [0.05, 0.1) is 0 Å². The van der Waals surface area contributed by atoms with E-state index in [1.54, 1.807) is 6.20 Å². The van der Waals surface area contributed by atoms with Crippen LogP contribution in [0, 0.1) is 12.6 Å². The lowest BCUT2D eigenvalue weighted by Crippen LogP contribution is -2.38. The highest BCUT2D eigenvalue weighted by molar-refractivity contribution is 5.86. The Kier molecular flexibility index (Phi) is 1.36. The van der Waals surface area contributed by atoms with Crippen molar-refractivity contribution in [3.05, 3.63) is 18.9 Å². The van der Waals surface area contributed by atoms with E-state index in [9.17, 15) is 0 Å². The van der Waals surface area contributed by atoms with E-state index < -0.39 is 0 Å². The highest BCUT2D eigenvalue weighted by Gasteiger charge is 2.19. The summed E-state index contributed by atoms with van der Waals surface area (Å²) in [7, 11) is 0. The molecule has 2 rings (SSSR count). The van der Waals surface area contributed by atoms with E-state index in [1.807, 2.05) is 18.5 Å².